The molecule has 0 N–H and O–H groups in total. The van der Waals surface area contributed by atoms with Gasteiger partial charge in [-0.1, -0.05) is 55.0 Å². The number of Topliss-reactive ketones (excluding diaryl/α,β-unsaturated/α-hetero) is 1. The average molecular weight is 276 g/mol. The van der Waals surface area contributed by atoms with Crippen molar-refractivity contribution in [3.05, 3.63) is 70.8 Å². The molecule has 1 fully saturated rings. The number of rotatable bonds is 3. The minimum Gasteiger partial charge on any atom is -0.294 e. The van der Waals surface area contributed by atoms with Crippen LogP contribution in [0.1, 0.15) is 52.2 Å². The molecule has 0 spiro atoms. The predicted molar refractivity (Wildman–Crippen MR) is 84.7 cm³/mol. The summed E-state index contributed by atoms with van der Waals surface area (Å²) in [5, 5.41) is 0. The Balaban J connectivity index is 1.62. The van der Waals surface area contributed by atoms with Gasteiger partial charge < -0.3 is 0 Å². The summed E-state index contributed by atoms with van der Waals surface area (Å²) in [5.41, 5.74) is 5.00. The average Bonchev–Trinajstić information content (AvgIpc) is 2.89. The molecule has 2 aliphatic carbocycles. The van der Waals surface area contributed by atoms with Crippen LogP contribution < -0.4 is 0 Å². The topological polar surface area (TPSA) is 17.1 Å². The summed E-state index contributed by atoms with van der Waals surface area (Å²) in [6, 6.07) is 16.8. The molecule has 1 saturated carbocycles. The molecule has 21 heavy (non-hydrogen) atoms. The van der Waals surface area contributed by atoms with E-state index in [0.717, 1.165) is 18.4 Å². The van der Waals surface area contributed by atoms with Crippen LogP contribution in [0, 0.1) is 5.92 Å². The molecule has 1 heteroatoms. The van der Waals surface area contributed by atoms with E-state index >= 15 is 0 Å². The van der Waals surface area contributed by atoms with Gasteiger partial charge in [-0.25, -0.2) is 0 Å². The molecular weight excluding hydrogens is 256 g/mol. The molecule has 0 bridgehead atoms. The number of hydrogen-bond acceptors (Lipinski definition) is 1. The van der Waals surface area contributed by atoms with Gasteiger partial charge in [-0.15, -0.1) is 0 Å². The van der Waals surface area contributed by atoms with Crippen molar-refractivity contribution in [2.75, 3.05) is 0 Å². The van der Waals surface area contributed by atoms with E-state index in [2.05, 4.69) is 36.4 Å². The van der Waals surface area contributed by atoms with Gasteiger partial charge in [-0.05, 0) is 48.3 Å². The van der Waals surface area contributed by atoms with Crippen LogP contribution in [-0.2, 0) is 12.8 Å². The number of ketones is 1. The zero-order valence-corrected chi connectivity index (χ0v) is 12.2. The monoisotopic (exact) mass is 276 g/mol. The summed E-state index contributed by atoms with van der Waals surface area (Å²) in [5.74, 6) is 1.12. The van der Waals surface area contributed by atoms with Crippen molar-refractivity contribution in [3.8, 4) is 0 Å². The Morgan fingerprint density at radius 1 is 0.857 bits per heavy atom. The molecule has 0 aromatic heterocycles. The fourth-order valence-corrected chi connectivity index (χ4v) is 3.76. The predicted octanol–water partition coefficient (Wildman–Crippen LogP) is 4.55. The maximum absolute atomic E-state index is 13.0. The molecule has 0 saturated heterocycles. The number of fused-ring (bicyclic) bond motifs is 1. The van der Waals surface area contributed by atoms with Gasteiger partial charge in [-0.3, -0.25) is 4.79 Å². The Hall–Kier alpha value is -1.89. The highest BCUT2D eigenvalue weighted by atomic mass is 16.1. The standard InChI is InChI=1S/C20H20O/c21-20(17-12-15-6-1-2-7-16(15)13-17)19-11-4-3-10-18(19)14-8-5-9-14/h1-4,6-7,10-11,14,17H,5,8-9,12-13H2. The third-order valence-corrected chi connectivity index (χ3v) is 5.19. The molecule has 0 unspecified atom stereocenters. The van der Waals surface area contributed by atoms with Crippen molar-refractivity contribution in [2.45, 2.75) is 38.0 Å². The SMILES string of the molecule is O=C(c1ccccc1C1CCC1)C1Cc2ccccc2C1. The van der Waals surface area contributed by atoms with Gasteiger partial charge in [0.2, 0.25) is 0 Å². The van der Waals surface area contributed by atoms with Gasteiger partial charge in [0, 0.05) is 11.5 Å². The lowest BCUT2D eigenvalue weighted by molar-refractivity contribution is 0.0922. The second kappa shape index (κ2) is 5.14. The zero-order chi connectivity index (χ0) is 14.2. The van der Waals surface area contributed by atoms with E-state index in [4.69, 9.17) is 0 Å². The fraction of sp³-hybridized carbons (Fsp3) is 0.350. The minimum absolute atomic E-state index is 0.142. The Morgan fingerprint density at radius 2 is 1.48 bits per heavy atom. The van der Waals surface area contributed by atoms with E-state index in [9.17, 15) is 4.79 Å². The van der Waals surface area contributed by atoms with Gasteiger partial charge in [-0.2, -0.15) is 0 Å². The van der Waals surface area contributed by atoms with E-state index in [1.54, 1.807) is 0 Å². The highest BCUT2D eigenvalue weighted by molar-refractivity contribution is 6.00. The Bertz CT molecular complexity index is 657. The Kier molecular flexibility index (Phi) is 3.14. The van der Waals surface area contributed by atoms with Gasteiger partial charge in [0.15, 0.2) is 5.78 Å². The van der Waals surface area contributed by atoms with Gasteiger partial charge >= 0.3 is 0 Å². The molecule has 4 rings (SSSR count). The summed E-state index contributed by atoms with van der Waals surface area (Å²) in [4.78, 5) is 13.0. The Morgan fingerprint density at radius 3 is 2.10 bits per heavy atom. The van der Waals surface area contributed by atoms with E-state index in [-0.39, 0.29) is 5.92 Å². The van der Waals surface area contributed by atoms with E-state index in [1.165, 1.54) is 36.0 Å². The second-order valence-electron chi connectivity index (χ2n) is 6.45. The molecule has 0 amide bonds. The van der Waals surface area contributed by atoms with Crippen molar-refractivity contribution in [1.29, 1.82) is 0 Å². The van der Waals surface area contributed by atoms with Crippen molar-refractivity contribution >= 4 is 5.78 Å². The van der Waals surface area contributed by atoms with Crippen LogP contribution in [0.5, 0.6) is 0 Å². The third kappa shape index (κ3) is 2.21. The number of carbonyl (C=O) groups excluding carboxylic acids is 1. The maximum atomic E-state index is 13.0. The molecule has 1 nitrogen and oxygen atoms in total. The first-order valence-corrected chi connectivity index (χ1v) is 8.03. The molecule has 0 atom stereocenters. The smallest absolute Gasteiger partial charge is 0.166 e. The lowest BCUT2D eigenvalue weighted by atomic mass is 9.76. The van der Waals surface area contributed by atoms with Crippen LogP contribution in [0.3, 0.4) is 0 Å². The summed E-state index contributed by atoms with van der Waals surface area (Å²) >= 11 is 0. The number of carbonyl (C=O) groups is 1. The number of hydrogen-bond donors (Lipinski definition) is 0. The second-order valence-corrected chi connectivity index (χ2v) is 6.45. The van der Waals surface area contributed by atoms with E-state index in [0.29, 0.717) is 11.7 Å². The normalized spacial score (nSPS) is 18.3. The summed E-state index contributed by atoms with van der Waals surface area (Å²) in [6.45, 7) is 0. The molecule has 2 aromatic rings. The molecule has 2 aliphatic rings. The third-order valence-electron chi connectivity index (χ3n) is 5.19. The molecule has 0 aliphatic heterocycles. The van der Waals surface area contributed by atoms with Crippen LogP contribution in [0.15, 0.2) is 48.5 Å². The molecule has 0 heterocycles. The van der Waals surface area contributed by atoms with Crippen molar-refractivity contribution in [3.63, 3.8) is 0 Å². The highest BCUT2D eigenvalue weighted by Gasteiger charge is 2.31. The molecule has 0 radical (unpaired) electrons. The van der Waals surface area contributed by atoms with Crippen molar-refractivity contribution in [1.82, 2.24) is 0 Å². The van der Waals surface area contributed by atoms with E-state index in [1.807, 2.05) is 12.1 Å². The van der Waals surface area contributed by atoms with Gasteiger partial charge in [0.25, 0.3) is 0 Å². The summed E-state index contributed by atoms with van der Waals surface area (Å²) < 4.78 is 0. The highest BCUT2D eigenvalue weighted by Crippen LogP contribution is 2.39. The quantitative estimate of drug-likeness (QED) is 0.751. The van der Waals surface area contributed by atoms with Crippen LogP contribution in [0.2, 0.25) is 0 Å². The molecule has 106 valence electrons. The summed E-state index contributed by atoms with van der Waals surface area (Å²) in [6.07, 6.45) is 5.62. The first-order chi connectivity index (χ1) is 10.3. The van der Waals surface area contributed by atoms with Crippen LogP contribution >= 0.6 is 0 Å². The first-order valence-electron chi connectivity index (χ1n) is 8.03. The van der Waals surface area contributed by atoms with E-state index < -0.39 is 0 Å². The van der Waals surface area contributed by atoms with Crippen LogP contribution in [0.25, 0.3) is 0 Å². The molecule has 2 aromatic carbocycles. The number of benzene rings is 2. The van der Waals surface area contributed by atoms with Crippen molar-refractivity contribution in [2.24, 2.45) is 5.92 Å². The van der Waals surface area contributed by atoms with Gasteiger partial charge in [0.1, 0.15) is 0 Å². The first kappa shape index (κ1) is 12.8. The largest absolute Gasteiger partial charge is 0.294 e. The van der Waals surface area contributed by atoms with Crippen molar-refractivity contribution < 1.29 is 4.79 Å². The minimum atomic E-state index is 0.142. The van der Waals surface area contributed by atoms with Crippen LogP contribution in [0.4, 0.5) is 0 Å². The lowest BCUT2D eigenvalue weighted by Gasteiger charge is -2.28. The lowest BCUT2D eigenvalue weighted by Crippen LogP contribution is -2.20. The maximum Gasteiger partial charge on any atom is 0.166 e. The zero-order valence-electron chi connectivity index (χ0n) is 12.2. The Labute approximate surface area is 126 Å². The van der Waals surface area contributed by atoms with Gasteiger partial charge in [0.05, 0.1) is 0 Å². The fourth-order valence-electron chi connectivity index (χ4n) is 3.76. The molecular formula is C20H20O. The summed E-state index contributed by atoms with van der Waals surface area (Å²) in [7, 11) is 0. The van der Waals surface area contributed by atoms with Crippen LogP contribution in [-0.4, -0.2) is 5.78 Å².